The van der Waals surface area contributed by atoms with Crippen LogP contribution in [0.5, 0.6) is 0 Å². The molecule has 0 spiro atoms. The number of rotatable bonds is 5. The molecule has 22 heavy (non-hydrogen) atoms. The van der Waals surface area contributed by atoms with Crippen molar-refractivity contribution in [2.24, 2.45) is 5.28 Å². The quantitative estimate of drug-likeness (QED) is 0.430. The molecule has 2 rings (SSSR count). The summed E-state index contributed by atoms with van der Waals surface area (Å²) in [5.41, 5.74) is 0. The molecule has 1 heterocycles. The Morgan fingerprint density at radius 2 is 2.05 bits per heavy atom. The van der Waals surface area contributed by atoms with Gasteiger partial charge < -0.3 is 14.9 Å². The molecule has 9 nitrogen and oxygen atoms in total. The minimum absolute atomic E-state index is 0.0864. The van der Waals surface area contributed by atoms with Crippen LogP contribution in [0.3, 0.4) is 0 Å². The second kappa shape index (κ2) is 6.71. The average Bonchev–Trinajstić information content (AvgIpc) is 2.99. The van der Waals surface area contributed by atoms with Crippen molar-refractivity contribution in [2.75, 3.05) is 33.4 Å². The molecule has 10 heteroatoms. The monoisotopic (exact) mass is 328 g/mol. The summed E-state index contributed by atoms with van der Waals surface area (Å²) in [5.74, 6) is -0.512. The standard InChI is InChI=1S/C12H16N4O5S/c1-21-13-16(18)9-12(17)14-7-8-15(10-14)22(19,20)11-5-3-2-4-6-11/h2-6H,7-10H2,1H3/b16-13-. The first-order valence-corrected chi connectivity index (χ1v) is 7.91. The highest BCUT2D eigenvalue weighted by Gasteiger charge is 2.34. The number of carbonyl (C=O) groups is 1. The van der Waals surface area contributed by atoms with E-state index in [9.17, 15) is 18.4 Å². The van der Waals surface area contributed by atoms with Crippen molar-refractivity contribution in [2.45, 2.75) is 4.90 Å². The van der Waals surface area contributed by atoms with Crippen LogP contribution < -0.4 is 0 Å². The fourth-order valence-electron chi connectivity index (χ4n) is 2.04. The van der Waals surface area contributed by atoms with E-state index < -0.39 is 22.5 Å². The molecule has 1 aliphatic heterocycles. The van der Waals surface area contributed by atoms with Crippen LogP contribution in [0.4, 0.5) is 0 Å². The first-order valence-electron chi connectivity index (χ1n) is 6.47. The molecule has 0 atom stereocenters. The summed E-state index contributed by atoms with van der Waals surface area (Å²) in [4.78, 5) is 17.7. The van der Waals surface area contributed by atoms with Crippen LogP contribution in [0.15, 0.2) is 40.5 Å². The highest BCUT2D eigenvalue weighted by molar-refractivity contribution is 7.89. The van der Waals surface area contributed by atoms with Crippen LogP contribution in [-0.2, 0) is 19.7 Å². The zero-order valence-electron chi connectivity index (χ0n) is 12.0. The molecule has 0 radical (unpaired) electrons. The summed E-state index contributed by atoms with van der Waals surface area (Å²) >= 11 is 0. The van der Waals surface area contributed by atoms with Crippen LogP contribution >= 0.6 is 0 Å². The van der Waals surface area contributed by atoms with Crippen molar-refractivity contribution < 1.29 is 22.9 Å². The van der Waals surface area contributed by atoms with E-state index in [2.05, 4.69) is 10.1 Å². The summed E-state index contributed by atoms with van der Waals surface area (Å²) in [6, 6.07) is 7.98. The van der Waals surface area contributed by atoms with Crippen molar-refractivity contribution in [1.29, 1.82) is 0 Å². The third-order valence-corrected chi connectivity index (χ3v) is 4.97. The number of carbonyl (C=O) groups excluding carboxylic acids is 1. The summed E-state index contributed by atoms with van der Waals surface area (Å²) < 4.78 is 26.0. The van der Waals surface area contributed by atoms with Gasteiger partial charge in [0.15, 0.2) is 5.28 Å². The third-order valence-electron chi connectivity index (χ3n) is 3.12. The Bertz CT molecular complexity index is 661. The van der Waals surface area contributed by atoms with Crippen LogP contribution in [0.25, 0.3) is 0 Å². The Kier molecular flexibility index (Phi) is 4.93. The lowest BCUT2D eigenvalue weighted by Gasteiger charge is -2.17. The van der Waals surface area contributed by atoms with E-state index >= 15 is 0 Å². The molecule has 0 saturated carbocycles. The van der Waals surface area contributed by atoms with Gasteiger partial charge in [0.05, 0.1) is 11.6 Å². The van der Waals surface area contributed by atoms with E-state index in [0.717, 1.165) is 0 Å². The average molecular weight is 328 g/mol. The smallest absolute Gasteiger partial charge is 0.293 e. The molecular weight excluding hydrogens is 312 g/mol. The normalized spacial score (nSPS) is 16.8. The number of benzene rings is 1. The molecule has 1 aliphatic rings. The van der Waals surface area contributed by atoms with Gasteiger partial charge in [-0.05, 0) is 17.0 Å². The lowest BCUT2D eigenvalue weighted by Crippen LogP contribution is -2.37. The number of amides is 1. The fourth-order valence-corrected chi connectivity index (χ4v) is 3.45. The van der Waals surface area contributed by atoms with Crippen molar-refractivity contribution in [3.05, 3.63) is 35.5 Å². The van der Waals surface area contributed by atoms with E-state index in [4.69, 9.17) is 0 Å². The van der Waals surface area contributed by atoms with E-state index in [1.54, 1.807) is 18.2 Å². The van der Waals surface area contributed by atoms with Crippen molar-refractivity contribution >= 4 is 15.9 Å². The highest BCUT2D eigenvalue weighted by Crippen LogP contribution is 2.18. The van der Waals surface area contributed by atoms with Gasteiger partial charge in [0, 0.05) is 13.1 Å². The molecule has 0 unspecified atom stereocenters. The lowest BCUT2D eigenvalue weighted by atomic mass is 10.4. The van der Waals surface area contributed by atoms with E-state index in [0.29, 0.717) is 0 Å². The minimum atomic E-state index is -3.64. The molecule has 1 fully saturated rings. The van der Waals surface area contributed by atoms with Crippen molar-refractivity contribution in [1.82, 2.24) is 9.21 Å². The molecule has 1 aromatic rings. The summed E-state index contributed by atoms with van der Waals surface area (Å²) in [7, 11) is -2.45. The maximum Gasteiger partial charge on any atom is 0.293 e. The van der Waals surface area contributed by atoms with Crippen LogP contribution in [0.2, 0.25) is 0 Å². The zero-order chi connectivity index (χ0) is 16.2. The maximum absolute atomic E-state index is 12.4. The van der Waals surface area contributed by atoms with Gasteiger partial charge in [0.25, 0.3) is 12.5 Å². The minimum Gasteiger partial charge on any atom is -0.597 e. The maximum atomic E-state index is 12.4. The molecule has 1 aromatic carbocycles. The molecule has 0 aromatic heterocycles. The van der Waals surface area contributed by atoms with E-state index in [1.807, 2.05) is 0 Å². The Hall–Kier alpha value is -2.20. The molecular formula is C12H16N4O5S. The molecule has 0 bridgehead atoms. The van der Waals surface area contributed by atoms with Gasteiger partial charge >= 0.3 is 0 Å². The molecule has 0 aliphatic carbocycles. The van der Waals surface area contributed by atoms with Gasteiger partial charge in [0.2, 0.25) is 10.0 Å². The first-order chi connectivity index (χ1) is 10.4. The molecule has 0 N–H and O–H groups in total. The molecule has 1 amide bonds. The van der Waals surface area contributed by atoms with Crippen LogP contribution in [0, 0.1) is 5.21 Å². The topological polar surface area (TPSA) is 105 Å². The van der Waals surface area contributed by atoms with Gasteiger partial charge in [0.1, 0.15) is 7.11 Å². The van der Waals surface area contributed by atoms with Crippen molar-refractivity contribution in [3.8, 4) is 0 Å². The fraction of sp³-hybridized carbons (Fsp3) is 0.417. The molecule has 120 valence electrons. The summed E-state index contributed by atoms with van der Waals surface area (Å²) in [6.45, 7) is -0.196. The second-order valence-electron chi connectivity index (χ2n) is 4.57. The summed E-state index contributed by atoms with van der Waals surface area (Å²) in [5, 5.41) is 14.2. The van der Waals surface area contributed by atoms with Gasteiger partial charge in [-0.1, -0.05) is 18.2 Å². The van der Waals surface area contributed by atoms with E-state index in [1.165, 1.54) is 28.4 Å². The number of sulfonamides is 1. The number of hydrogen-bond acceptors (Lipinski definition) is 6. The molecule has 1 saturated heterocycles. The largest absolute Gasteiger partial charge is 0.597 e. The Balaban J connectivity index is 2.04. The van der Waals surface area contributed by atoms with Gasteiger partial charge in [-0.25, -0.2) is 8.42 Å². The third kappa shape index (κ3) is 3.52. The number of nitrogens with zero attached hydrogens (tertiary/aromatic N) is 4. The predicted molar refractivity (Wildman–Crippen MR) is 74.8 cm³/mol. The van der Waals surface area contributed by atoms with E-state index in [-0.39, 0.29) is 29.5 Å². The van der Waals surface area contributed by atoms with Crippen LogP contribution in [-0.4, -0.2) is 61.8 Å². The zero-order valence-corrected chi connectivity index (χ0v) is 12.8. The van der Waals surface area contributed by atoms with Crippen molar-refractivity contribution in [3.63, 3.8) is 0 Å². The van der Waals surface area contributed by atoms with Gasteiger partial charge in [-0.3, -0.25) is 4.79 Å². The number of hydrogen-bond donors (Lipinski definition) is 0. The highest BCUT2D eigenvalue weighted by atomic mass is 32.2. The predicted octanol–water partition coefficient (Wildman–Crippen LogP) is 0.000900. The van der Waals surface area contributed by atoms with Gasteiger partial charge in [-0.2, -0.15) is 4.31 Å². The second-order valence-corrected chi connectivity index (χ2v) is 6.50. The Morgan fingerprint density at radius 1 is 1.36 bits per heavy atom. The Morgan fingerprint density at radius 3 is 2.68 bits per heavy atom. The lowest BCUT2D eigenvalue weighted by molar-refractivity contribution is -0.547. The van der Waals surface area contributed by atoms with Gasteiger partial charge in [-0.15, -0.1) is 0 Å². The Labute approximate surface area is 128 Å². The van der Waals surface area contributed by atoms with Crippen LogP contribution in [0.1, 0.15) is 0 Å². The summed E-state index contributed by atoms with van der Waals surface area (Å²) in [6.07, 6.45) is 0. The first kappa shape index (κ1) is 16.2. The SMILES string of the molecule is CO/N=[N+](\[O-])CC(=O)N1CCN(S(=O)(=O)c2ccccc2)C1. The number of hydroxylamine groups is 1.